The highest BCUT2D eigenvalue weighted by Gasteiger charge is 2.48. The number of aromatic nitrogens is 2. The van der Waals surface area contributed by atoms with Crippen LogP contribution in [0.1, 0.15) is 110 Å². The van der Waals surface area contributed by atoms with Crippen molar-refractivity contribution in [2.45, 2.75) is 101 Å². The first-order chi connectivity index (χ1) is 28.0. The van der Waals surface area contributed by atoms with Gasteiger partial charge in [0, 0.05) is 41.1 Å². The minimum absolute atomic E-state index is 0.0319. The predicted molar refractivity (Wildman–Crippen MR) is 220 cm³/mol. The summed E-state index contributed by atoms with van der Waals surface area (Å²) in [5.41, 5.74) is 6.58. The van der Waals surface area contributed by atoms with Crippen molar-refractivity contribution in [3.8, 4) is 11.4 Å². The molecule has 12 heteroatoms. The number of hydrogen-bond donors (Lipinski definition) is 1. The summed E-state index contributed by atoms with van der Waals surface area (Å²) >= 11 is 6.48. The van der Waals surface area contributed by atoms with Crippen LogP contribution in [0.4, 0.5) is 0 Å². The first kappa shape index (κ1) is 36.5. The van der Waals surface area contributed by atoms with Crippen molar-refractivity contribution in [1.29, 1.82) is 0 Å². The first-order valence-electron chi connectivity index (χ1n) is 21.3. The Morgan fingerprint density at radius 1 is 0.931 bits per heavy atom. The van der Waals surface area contributed by atoms with Crippen LogP contribution in [-0.2, 0) is 27.0 Å². The lowest BCUT2D eigenvalue weighted by Crippen LogP contribution is -2.52. The molecule has 11 nitrogen and oxygen atoms in total. The molecule has 58 heavy (non-hydrogen) atoms. The van der Waals surface area contributed by atoms with E-state index in [0.29, 0.717) is 47.5 Å². The van der Waals surface area contributed by atoms with E-state index in [0.717, 1.165) is 92.7 Å². The van der Waals surface area contributed by atoms with E-state index in [9.17, 15) is 19.2 Å². The molecule has 3 saturated heterocycles. The summed E-state index contributed by atoms with van der Waals surface area (Å²) in [6.45, 7) is 10.9. The Bertz CT molecular complexity index is 2490. The quantitative estimate of drug-likeness (QED) is 0.251. The van der Waals surface area contributed by atoms with E-state index >= 15 is 0 Å². The van der Waals surface area contributed by atoms with E-state index in [2.05, 4.69) is 62.8 Å². The second kappa shape index (κ2) is 13.2. The molecular formula is C46H49ClN6O5. The van der Waals surface area contributed by atoms with Gasteiger partial charge in [-0.25, -0.2) is 0 Å². The number of fused-ring (bicyclic) bond motifs is 9. The standard InChI is InChI=1S/C46H49ClN6O5/c1-45(2)33-22-28(6-9-35(33)53-36-5-3-4-34(47)39(36)42(56)49-44(45)53)27-12-16-51(17-13-27)29-20-26(21-29)23-50-18-14-46(15-19-50)25-58-40-31-24-52(37-10-11-38(54)48-41(37)55)43(57)30(31)7-8-32(40)46/h3-9,22,26-27,29,37H,10-21,23-25H2,1-2H3,(H,48,54,55)/t26?,29?,37-/m0/s1. The van der Waals surface area contributed by atoms with E-state index in [1.165, 1.54) is 29.5 Å². The van der Waals surface area contributed by atoms with Crippen LogP contribution >= 0.6 is 11.6 Å². The van der Waals surface area contributed by atoms with Gasteiger partial charge in [-0.15, -0.1) is 0 Å². The zero-order valence-electron chi connectivity index (χ0n) is 33.2. The molecule has 1 N–H and O–H groups in total. The molecule has 11 rings (SSSR count). The number of nitrogens with zero attached hydrogens (tertiary/aromatic N) is 5. The smallest absolute Gasteiger partial charge is 0.282 e. The number of ether oxygens (including phenoxy) is 1. The van der Waals surface area contributed by atoms with Crippen LogP contribution in [0.25, 0.3) is 16.6 Å². The maximum atomic E-state index is 13.4. The molecule has 1 aliphatic carbocycles. The molecule has 0 unspecified atom stereocenters. The van der Waals surface area contributed by atoms with Gasteiger partial charge in [0.05, 0.1) is 40.2 Å². The molecule has 7 heterocycles. The highest BCUT2D eigenvalue weighted by Crippen LogP contribution is 2.50. The van der Waals surface area contributed by atoms with Gasteiger partial charge in [-0.2, -0.15) is 4.98 Å². The summed E-state index contributed by atoms with van der Waals surface area (Å²) in [7, 11) is 0. The molecule has 3 aromatic carbocycles. The summed E-state index contributed by atoms with van der Waals surface area (Å²) < 4.78 is 8.55. The molecule has 0 radical (unpaired) electrons. The van der Waals surface area contributed by atoms with Gasteiger partial charge in [-0.3, -0.25) is 29.1 Å². The Hall–Kier alpha value is -4.58. The molecule has 4 fully saturated rings. The minimum Gasteiger partial charge on any atom is -0.492 e. The van der Waals surface area contributed by atoms with E-state index < -0.39 is 11.5 Å². The number of imide groups is 1. The van der Waals surface area contributed by atoms with Gasteiger partial charge in [0.2, 0.25) is 11.8 Å². The molecule has 1 aromatic heterocycles. The third-order valence-electron chi connectivity index (χ3n) is 15.1. The van der Waals surface area contributed by atoms with Crippen LogP contribution in [0, 0.1) is 5.92 Å². The molecule has 1 spiro atoms. The third kappa shape index (κ3) is 5.48. The molecule has 6 aliphatic heterocycles. The highest BCUT2D eigenvalue weighted by atomic mass is 35.5. The van der Waals surface area contributed by atoms with Crippen LogP contribution in [0.15, 0.2) is 53.3 Å². The van der Waals surface area contributed by atoms with Gasteiger partial charge in [0.25, 0.3) is 11.5 Å². The van der Waals surface area contributed by atoms with Gasteiger partial charge < -0.3 is 19.4 Å². The number of amides is 3. The Balaban J connectivity index is 0.685. The number of hydrogen-bond acceptors (Lipinski definition) is 8. The number of benzene rings is 3. The molecule has 7 aliphatic rings. The van der Waals surface area contributed by atoms with Crippen LogP contribution < -0.4 is 15.6 Å². The zero-order chi connectivity index (χ0) is 39.7. The fourth-order valence-electron chi connectivity index (χ4n) is 11.7. The van der Waals surface area contributed by atoms with E-state index in [4.69, 9.17) is 16.3 Å². The van der Waals surface area contributed by atoms with Gasteiger partial charge in [0.1, 0.15) is 17.6 Å². The van der Waals surface area contributed by atoms with E-state index in [1.807, 2.05) is 18.2 Å². The monoisotopic (exact) mass is 800 g/mol. The summed E-state index contributed by atoms with van der Waals surface area (Å²) in [5.74, 6) is 2.07. The Kier molecular flexibility index (Phi) is 8.31. The lowest BCUT2D eigenvalue weighted by atomic mass is 9.73. The fraction of sp³-hybridized carbons (Fsp3) is 0.500. The molecule has 1 atom stereocenters. The number of carbonyl (C=O) groups is 3. The summed E-state index contributed by atoms with van der Waals surface area (Å²) in [6, 6.07) is 16.6. The minimum atomic E-state index is -0.621. The number of halogens is 1. The molecule has 3 amide bonds. The van der Waals surface area contributed by atoms with Gasteiger partial charge in [-0.1, -0.05) is 35.9 Å². The second-order valence-electron chi connectivity index (χ2n) is 18.7. The summed E-state index contributed by atoms with van der Waals surface area (Å²) in [4.78, 5) is 62.4. The first-order valence-corrected chi connectivity index (χ1v) is 21.6. The maximum absolute atomic E-state index is 13.4. The topological polar surface area (TPSA) is 117 Å². The molecule has 300 valence electrons. The number of nitrogens with one attached hydrogen (secondary N) is 1. The SMILES string of the molecule is CC1(C)c2cc(C3CCN(C4CC(CN5CCC6(CC5)COc5c6ccc6c5CN([C@H]5CCC(=O)NC5=O)C6=O)C4)CC3)ccc2-n2c1nc(=O)c1c(Cl)cccc12. The average Bonchev–Trinajstić information content (AvgIpc) is 3.80. The Morgan fingerprint density at radius 3 is 2.50 bits per heavy atom. The maximum Gasteiger partial charge on any atom is 0.282 e. The fourth-order valence-corrected chi connectivity index (χ4v) is 11.9. The van der Waals surface area contributed by atoms with Gasteiger partial charge >= 0.3 is 0 Å². The molecular weight excluding hydrogens is 752 g/mol. The van der Waals surface area contributed by atoms with E-state index in [-0.39, 0.29) is 35.1 Å². The Morgan fingerprint density at radius 2 is 1.72 bits per heavy atom. The van der Waals surface area contributed by atoms with Crippen molar-refractivity contribution < 1.29 is 19.1 Å². The molecule has 0 bridgehead atoms. The third-order valence-corrected chi connectivity index (χ3v) is 15.5. The number of likely N-dealkylation sites (tertiary alicyclic amines) is 2. The summed E-state index contributed by atoms with van der Waals surface area (Å²) in [5, 5.41) is 3.32. The second-order valence-corrected chi connectivity index (χ2v) is 19.1. The lowest BCUT2D eigenvalue weighted by molar-refractivity contribution is -0.136. The predicted octanol–water partition coefficient (Wildman–Crippen LogP) is 5.82. The molecule has 4 aromatic rings. The van der Waals surface area contributed by atoms with Crippen molar-refractivity contribution in [3.05, 3.63) is 97.5 Å². The average molecular weight is 801 g/mol. The van der Waals surface area contributed by atoms with Crippen molar-refractivity contribution >= 4 is 40.2 Å². The largest absolute Gasteiger partial charge is 0.492 e. The van der Waals surface area contributed by atoms with Crippen molar-refractivity contribution in [2.24, 2.45) is 5.92 Å². The van der Waals surface area contributed by atoms with Crippen molar-refractivity contribution in [3.63, 3.8) is 0 Å². The normalized spacial score (nSPS) is 26.3. The summed E-state index contributed by atoms with van der Waals surface area (Å²) in [6.07, 6.45) is 7.56. The van der Waals surface area contributed by atoms with Crippen molar-refractivity contribution in [2.75, 3.05) is 39.3 Å². The number of carbonyl (C=O) groups excluding carboxylic acids is 3. The Labute approximate surface area is 342 Å². The number of rotatable bonds is 5. The van der Waals surface area contributed by atoms with Crippen LogP contribution in [0.3, 0.4) is 0 Å². The van der Waals surface area contributed by atoms with Crippen LogP contribution in [-0.4, -0.2) is 93.4 Å². The highest BCUT2D eigenvalue weighted by molar-refractivity contribution is 6.35. The zero-order valence-corrected chi connectivity index (χ0v) is 33.9. The number of piperidine rings is 3. The van der Waals surface area contributed by atoms with Crippen molar-refractivity contribution in [1.82, 2.24) is 29.6 Å². The van der Waals surface area contributed by atoms with Crippen LogP contribution in [0.5, 0.6) is 5.75 Å². The lowest BCUT2D eigenvalue weighted by Gasteiger charge is -2.48. The van der Waals surface area contributed by atoms with E-state index in [1.54, 1.807) is 11.0 Å². The van der Waals surface area contributed by atoms with Gasteiger partial charge in [0.15, 0.2) is 0 Å². The van der Waals surface area contributed by atoms with Gasteiger partial charge in [-0.05, 0) is 132 Å². The molecule has 1 saturated carbocycles. The van der Waals surface area contributed by atoms with Crippen LogP contribution in [0.2, 0.25) is 5.02 Å².